The van der Waals surface area contributed by atoms with Gasteiger partial charge in [0.2, 0.25) is 11.8 Å². The Bertz CT molecular complexity index is 850. The average Bonchev–Trinajstić information content (AvgIpc) is 2.60. The van der Waals surface area contributed by atoms with Crippen molar-refractivity contribution in [1.29, 1.82) is 0 Å². The van der Waals surface area contributed by atoms with Crippen molar-refractivity contribution in [2.75, 3.05) is 5.32 Å². The van der Waals surface area contributed by atoms with E-state index >= 15 is 0 Å². The molecule has 2 aromatic rings. The molecule has 2 aromatic carbocycles. The molecular weight excluding hydrogens is 354 g/mol. The molecule has 7 heteroatoms. The van der Waals surface area contributed by atoms with Crippen molar-refractivity contribution >= 4 is 35.3 Å². The summed E-state index contributed by atoms with van der Waals surface area (Å²) in [6.07, 6.45) is 1.32. The summed E-state index contributed by atoms with van der Waals surface area (Å²) in [4.78, 5) is 23.8. The first-order valence-electron chi connectivity index (χ1n) is 8.03. The number of phenolic OH excluding ortho intramolecular Hbond substituents is 1. The zero-order valence-electron chi connectivity index (χ0n) is 14.5. The number of carbonyl (C=O) groups excluding carboxylic acids is 2. The highest BCUT2D eigenvalue weighted by molar-refractivity contribution is 6.30. The summed E-state index contributed by atoms with van der Waals surface area (Å²) < 4.78 is 0. The van der Waals surface area contributed by atoms with Crippen LogP contribution in [0.4, 0.5) is 5.69 Å². The van der Waals surface area contributed by atoms with Crippen LogP contribution in [0, 0.1) is 13.8 Å². The highest BCUT2D eigenvalue weighted by Gasteiger charge is 2.09. The SMILES string of the molecule is Cc1cccc(NC(=O)CCC(=O)NN=Cc2cc(Cl)ccc2O)c1C. The van der Waals surface area contributed by atoms with Gasteiger partial charge in [-0.05, 0) is 49.2 Å². The molecule has 136 valence electrons. The molecule has 0 fully saturated rings. The Balaban J connectivity index is 1.81. The van der Waals surface area contributed by atoms with Gasteiger partial charge in [0.1, 0.15) is 5.75 Å². The van der Waals surface area contributed by atoms with Gasteiger partial charge in [0.25, 0.3) is 0 Å². The van der Waals surface area contributed by atoms with E-state index in [-0.39, 0.29) is 24.5 Å². The molecule has 0 aliphatic rings. The fraction of sp³-hybridized carbons (Fsp3) is 0.211. The van der Waals surface area contributed by atoms with Crippen molar-refractivity contribution in [3.63, 3.8) is 0 Å². The minimum absolute atomic E-state index is 0.000279. The van der Waals surface area contributed by atoms with Crippen molar-refractivity contribution in [3.8, 4) is 5.75 Å². The zero-order chi connectivity index (χ0) is 19.1. The number of nitrogens with one attached hydrogen (secondary N) is 2. The van der Waals surface area contributed by atoms with Gasteiger partial charge in [-0.25, -0.2) is 5.43 Å². The first-order chi connectivity index (χ1) is 12.4. The Morgan fingerprint density at radius 3 is 2.65 bits per heavy atom. The van der Waals surface area contributed by atoms with Crippen LogP contribution in [0.1, 0.15) is 29.5 Å². The third-order valence-corrected chi connectivity index (χ3v) is 4.08. The number of aryl methyl sites for hydroxylation is 1. The summed E-state index contributed by atoms with van der Waals surface area (Å²) in [6.45, 7) is 3.89. The van der Waals surface area contributed by atoms with Crippen LogP contribution >= 0.6 is 11.6 Å². The number of amides is 2. The Labute approximate surface area is 156 Å². The second-order valence-electron chi connectivity index (χ2n) is 5.79. The summed E-state index contributed by atoms with van der Waals surface area (Å²) >= 11 is 5.83. The second-order valence-corrected chi connectivity index (χ2v) is 6.23. The van der Waals surface area contributed by atoms with Crippen LogP contribution in [-0.2, 0) is 9.59 Å². The molecule has 0 heterocycles. The summed E-state index contributed by atoms with van der Waals surface area (Å²) in [5.74, 6) is -0.649. The molecule has 0 saturated carbocycles. The maximum absolute atomic E-state index is 12.0. The van der Waals surface area contributed by atoms with Crippen LogP contribution < -0.4 is 10.7 Å². The smallest absolute Gasteiger partial charge is 0.240 e. The van der Waals surface area contributed by atoms with Crippen LogP contribution in [0.15, 0.2) is 41.5 Å². The quantitative estimate of drug-likeness (QED) is 0.534. The largest absolute Gasteiger partial charge is 0.507 e. The third kappa shape index (κ3) is 5.60. The number of rotatable bonds is 6. The van der Waals surface area contributed by atoms with Crippen LogP contribution in [0.25, 0.3) is 0 Å². The molecule has 0 aliphatic carbocycles. The molecule has 0 radical (unpaired) electrons. The molecule has 0 aliphatic heterocycles. The zero-order valence-corrected chi connectivity index (χ0v) is 15.3. The lowest BCUT2D eigenvalue weighted by Crippen LogP contribution is -2.21. The van der Waals surface area contributed by atoms with E-state index in [1.165, 1.54) is 18.3 Å². The molecule has 0 unspecified atom stereocenters. The van der Waals surface area contributed by atoms with Crippen molar-refractivity contribution in [1.82, 2.24) is 5.43 Å². The van der Waals surface area contributed by atoms with Gasteiger partial charge in [-0.2, -0.15) is 5.10 Å². The van der Waals surface area contributed by atoms with Gasteiger partial charge < -0.3 is 10.4 Å². The summed E-state index contributed by atoms with van der Waals surface area (Å²) in [5.41, 5.74) is 5.51. The lowest BCUT2D eigenvalue weighted by molar-refractivity contribution is -0.124. The van der Waals surface area contributed by atoms with E-state index in [0.29, 0.717) is 10.6 Å². The van der Waals surface area contributed by atoms with Gasteiger partial charge >= 0.3 is 0 Å². The van der Waals surface area contributed by atoms with Crippen LogP contribution in [0.2, 0.25) is 5.02 Å². The van der Waals surface area contributed by atoms with Gasteiger partial charge in [0.05, 0.1) is 6.21 Å². The molecule has 6 nitrogen and oxygen atoms in total. The maximum Gasteiger partial charge on any atom is 0.240 e. The van der Waals surface area contributed by atoms with E-state index in [2.05, 4.69) is 15.8 Å². The molecule has 2 amide bonds. The Hall–Kier alpha value is -2.86. The number of anilines is 1. The number of hydrogen-bond donors (Lipinski definition) is 3. The van der Waals surface area contributed by atoms with Gasteiger partial charge in [-0.15, -0.1) is 0 Å². The monoisotopic (exact) mass is 373 g/mol. The van der Waals surface area contributed by atoms with Crippen molar-refractivity contribution in [2.45, 2.75) is 26.7 Å². The van der Waals surface area contributed by atoms with Crippen LogP contribution in [0.3, 0.4) is 0 Å². The summed E-state index contributed by atoms with van der Waals surface area (Å²) in [7, 11) is 0. The first-order valence-corrected chi connectivity index (χ1v) is 8.41. The lowest BCUT2D eigenvalue weighted by Gasteiger charge is -2.10. The van der Waals surface area contributed by atoms with Gasteiger partial charge in [-0.3, -0.25) is 9.59 Å². The number of hydrogen-bond acceptors (Lipinski definition) is 4. The van der Waals surface area contributed by atoms with Crippen molar-refractivity contribution in [2.24, 2.45) is 5.10 Å². The highest BCUT2D eigenvalue weighted by atomic mass is 35.5. The van der Waals surface area contributed by atoms with E-state index < -0.39 is 5.91 Å². The summed E-state index contributed by atoms with van der Waals surface area (Å²) in [6, 6.07) is 10.1. The lowest BCUT2D eigenvalue weighted by atomic mass is 10.1. The maximum atomic E-state index is 12.0. The Morgan fingerprint density at radius 2 is 1.88 bits per heavy atom. The minimum atomic E-state index is -0.404. The van der Waals surface area contributed by atoms with Crippen LogP contribution in [-0.4, -0.2) is 23.1 Å². The fourth-order valence-corrected chi connectivity index (χ4v) is 2.37. The molecule has 0 spiro atoms. The number of hydrazone groups is 1. The number of carbonyl (C=O) groups is 2. The first kappa shape index (κ1) is 19.5. The molecule has 0 saturated heterocycles. The average molecular weight is 374 g/mol. The molecule has 3 N–H and O–H groups in total. The minimum Gasteiger partial charge on any atom is -0.507 e. The fourth-order valence-electron chi connectivity index (χ4n) is 2.18. The van der Waals surface area contributed by atoms with Gasteiger partial charge in [-0.1, -0.05) is 23.7 Å². The third-order valence-electron chi connectivity index (χ3n) is 3.84. The number of benzene rings is 2. The van der Waals surface area contributed by atoms with Crippen LogP contribution in [0.5, 0.6) is 5.75 Å². The predicted octanol–water partition coefficient (Wildman–Crippen LogP) is 3.53. The van der Waals surface area contributed by atoms with Crippen molar-refractivity contribution < 1.29 is 14.7 Å². The van der Waals surface area contributed by atoms with E-state index in [4.69, 9.17) is 11.6 Å². The van der Waals surface area contributed by atoms with E-state index in [0.717, 1.165) is 16.8 Å². The van der Waals surface area contributed by atoms with Gasteiger partial charge in [0.15, 0.2) is 0 Å². The van der Waals surface area contributed by atoms with Crippen molar-refractivity contribution in [3.05, 3.63) is 58.1 Å². The predicted molar refractivity (Wildman–Crippen MR) is 103 cm³/mol. The topological polar surface area (TPSA) is 90.8 Å². The molecule has 0 bridgehead atoms. The van der Waals surface area contributed by atoms with E-state index in [1.54, 1.807) is 6.07 Å². The summed E-state index contributed by atoms with van der Waals surface area (Å²) in [5, 5.41) is 16.6. The highest BCUT2D eigenvalue weighted by Crippen LogP contribution is 2.19. The molecule has 0 atom stereocenters. The number of nitrogens with zero attached hydrogens (tertiary/aromatic N) is 1. The Morgan fingerprint density at radius 1 is 1.15 bits per heavy atom. The second kappa shape index (κ2) is 9.01. The molecule has 0 aromatic heterocycles. The molecular formula is C19H20ClN3O3. The number of phenols is 1. The number of aromatic hydroxyl groups is 1. The standard InChI is InChI=1S/C19H20ClN3O3/c1-12-4-3-5-16(13(12)2)22-18(25)8-9-19(26)23-21-11-14-10-15(20)6-7-17(14)24/h3-7,10-11,24H,8-9H2,1-2H3,(H,22,25)(H,23,26). The molecule has 2 rings (SSSR count). The molecule has 26 heavy (non-hydrogen) atoms. The normalized spacial score (nSPS) is 10.7. The number of halogens is 1. The van der Waals surface area contributed by atoms with E-state index in [9.17, 15) is 14.7 Å². The van der Waals surface area contributed by atoms with Gasteiger partial charge in [0, 0.05) is 29.1 Å². The van der Waals surface area contributed by atoms with E-state index in [1.807, 2.05) is 32.0 Å². The Kier molecular flexibility index (Phi) is 6.74.